The van der Waals surface area contributed by atoms with Crippen LogP contribution in [0.3, 0.4) is 0 Å². The lowest BCUT2D eigenvalue weighted by Gasteiger charge is -2.25. The fourth-order valence-corrected chi connectivity index (χ4v) is 3.82. The second kappa shape index (κ2) is 9.01. The molecule has 1 fully saturated rings. The second-order valence-corrected chi connectivity index (χ2v) is 7.39. The molecule has 0 spiro atoms. The molecule has 1 amide bonds. The van der Waals surface area contributed by atoms with Gasteiger partial charge in [0, 0.05) is 24.5 Å². The highest BCUT2D eigenvalue weighted by Crippen LogP contribution is 2.39. The first kappa shape index (κ1) is 21.2. The van der Waals surface area contributed by atoms with Gasteiger partial charge in [-0.2, -0.15) is 0 Å². The zero-order valence-electron chi connectivity index (χ0n) is 17.4. The second-order valence-electron chi connectivity index (χ2n) is 7.39. The van der Waals surface area contributed by atoms with E-state index in [1.165, 1.54) is 24.1 Å². The topological polar surface area (TPSA) is 79.7 Å². The Morgan fingerprint density at radius 1 is 1.12 bits per heavy atom. The Balaban J connectivity index is 1.76. The lowest BCUT2D eigenvalue weighted by atomic mass is 9.96. The zero-order chi connectivity index (χ0) is 22.7. The number of likely N-dealkylation sites (tertiary alicyclic amines) is 1. The van der Waals surface area contributed by atoms with Crippen molar-refractivity contribution < 1.29 is 23.8 Å². The van der Waals surface area contributed by atoms with Crippen molar-refractivity contribution in [2.45, 2.75) is 12.5 Å². The van der Waals surface area contributed by atoms with Crippen molar-refractivity contribution in [1.29, 1.82) is 0 Å². The third-order valence-electron chi connectivity index (χ3n) is 5.44. The van der Waals surface area contributed by atoms with Crippen molar-refractivity contribution in [3.8, 4) is 5.75 Å². The Hall–Kier alpha value is -4.00. The number of carbonyl (C=O) groups excluding carboxylic acids is 2. The Bertz CT molecular complexity index is 1180. The first-order chi connectivity index (χ1) is 15.5. The molecule has 1 N–H and O–H groups in total. The summed E-state index contributed by atoms with van der Waals surface area (Å²) < 4.78 is 18.4. The summed E-state index contributed by atoms with van der Waals surface area (Å²) in [6, 6.07) is 15.3. The van der Waals surface area contributed by atoms with E-state index in [-0.39, 0.29) is 23.7 Å². The molecule has 0 radical (unpaired) electrons. The largest absolute Gasteiger partial charge is 0.507 e. The number of nitrogens with zero attached hydrogens (tertiary/aromatic N) is 2. The van der Waals surface area contributed by atoms with Gasteiger partial charge in [0.25, 0.3) is 11.7 Å². The van der Waals surface area contributed by atoms with Crippen LogP contribution in [-0.4, -0.2) is 40.3 Å². The quantitative estimate of drug-likeness (QED) is 0.363. The number of amides is 1. The molecule has 0 saturated carbocycles. The lowest BCUT2D eigenvalue weighted by Crippen LogP contribution is -2.31. The Kier molecular flexibility index (Phi) is 5.98. The van der Waals surface area contributed by atoms with Crippen molar-refractivity contribution in [2.75, 3.05) is 13.7 Å². The molecule has 4 rings (SSSR count). The molecule has 162 valence electrons. The van der Waals surface area contributed by atoms with E-state index in [4.69, 9.17) is 4.74 Å². The number of aliphatic hydroxyl groups is 1. The summed E-state index contributed by atoms with van der Waals surface area (Å²) in [4.78, 5) is 31.5. The van der Waals surface area contributed by atoms with E-state index in [0.29, 0.717) is 23.3 Å². The number of rotatable bonds is 6. The minimum atomic E-state index is -0.796. The van der Waals surface area contributed by atoms with E-state index in [9.17, 15) is 19.1 Å². The summed E-state index contributed by atoms with van der Waals surface area (Å²) in [7, 11) is 1.50. The molecule has 7 heteroatoms. The normalized spacial score (nSPS) is 17.6. The number of benzene rings is 2. The predicted octanol–water partition coefficient (Wildman–Crippen LogP) is 3.89. The Morgan fingerprint density at radius 3 is 2.59 bits per heavy atom. The molecule has 1 saturated heterocycles. The minimum Gasteiger partial charge on any atom is -0.507 e. The maximum atomic E-state index is 13.2. The molecule has 0 aliphatic carbocycles. The summed E-state index contributed by atoms with van der Waals surface area (Å²) in [5, 5.41) is 11.1. The smallest absolute Gasteiger partial charge is 0.295 e. The number of methoxy groups -OCH3 is 1. The molecule has 2 heterocycles. The van der Waals surface area contributed by atoms with Gasteiger partial charge >= 0.3 is 0 Å². The maximum absolute atomic E-state index is 13.2. The van der Waals surface area contributed by atoms with E-state index >= 15 is 0 Å². The highest BCUT2D eigenvalue weighted by atomic mass is 19.1. The number of ketones is 1. The van der Waals surface area contributed by atoms with Gasteiger partial charge in [-0.15, -0.1) is 0 Å². The standard InChI is InChI=1S/C25H21FN2O4/c1-32-20-6-2-4-17(14-20)23(29)21-22(18-5-3-12-27-15-18)28(25(31)24(21)30)13-11-16-7-9-19(26)10-8-16/h2-10,12,14-15,22,29H,11,13H2,1H3/b23-21-. The SMILES string of the molecule is COc1cccc(/C(O)=C2/C(=O)C(=O)N(CCc3ccc(F)cc3)C2c2cccnc2)c1. The van der Waals surface area contributed by atoms with Gasteiger partial charge in [0.1, 0.15) is 17.3 Å². The number of ether oxygens (including phenoxy) is 1. The number of hydrogen-bond donors (Lipinski definition) is 1. The number of aliphatic hydroxyl groups excluding tert-OH is 1. The maximum Gasteiger partial charge on any atom is 0.295 e. The first-order valence-corrected chi connectivity index (χ1v) is 10.1. The van der Waals surface area contributed by atoms with Gasteiger partial charge in [-0.05, 0) is 47.9 Å². The Labute approximate surface area is 184 Å². The summed E-state index contributed by atoms with van der Waals surface area (Å²) >= 11 is 0. The summed E-state index contributed by atoms with van der Waals surface area (Å²) in [6.45, 7) is 0.213. The summed E-state index contributed by atoms with van der Waals surface area (Å²) in [5.41, 5.74) is 1.80. The summed E-state index contributed by atoms with van der Waals surface area (Å²) in [5.74, 6) is -1.58. The minimum absolute atomic E-state index is 0.00430. The van der Waals surface area contributed by atoms with E-state index in [1.807, 2.05) is 0 Å². The molecular weight excluding hydrogens is 411 g/mol. The number of aromatic nitrogens is 1. The van der Waals surface area contributed by atoms with Crippen LogP contribution in [0.2, 0.25) is 0 Å². The van der Waals surface area contributed by atoms with Crippen LogP contribution in [0.4, 0.5) is 4.39 Å². The molecule has 0 bridgehead atoms. The fourth-order valence-electron chi connectivity index (χ4n) is 3.82. The number of hydrogen-bond acceptors (Lipinski definition) is 5. The van der Waals surface area contributed by atoms with Crippen LogP contribution in [0, 0.1) is 5.82 Å². The third-order valence-corrected chi connectivity index (χ3v) is 5.44. The van der Waals surface area contributed by atoms with Crippen molar-refractivity contribution in [3.63, 3.8) is 0 Å². The average molecular weight is 432 g/mol. The van der Waals surface area contributed by atoms with E-state index in [2.05, 4.69) is 4.98 Å². The van der Waals surface area contributed by atoms with E-state index < -0.39 is 17.7 Å². The van der Waals surface area contributed by atoms with Gasteiger partial charge in [-0.1, -0.05) is 30.3 Å². The van der Waals surface area contributed by atoms with Gasteiger partial charge in [0.15, 0.2) is 0 Å². The number of Topliss-reactive ketones (excluding diaryl/α,β-unsaturated/α-hetero) is 1. The molecule has 1 unspecified atom stereocenters. The highest BCUT2D eigenvalue weighted by Gasteiger charge is 2.45. The molecule has 3 aromatic rings. The summed E-state index contributed by atoms with van der Waals surface area (Å²) in [6.07, 6.45) is 3.58. The predicted molar refractivity (Wildman–Crippen MR) is 116 cm³/mol. The third kappa shape index (κ3) is 4.09. The van der Waals surface area contributed by atoms with Gasteiger partial charge in [-0.3, -0.25) is 14.6 Å². The average Bonchev–Trinajstić information content (AvgIpc) is 3.08. The molecular formula is C25H21FN2O4. The first-order valence-electron chi connectivity index (χ1n) is 10.1. The van der Waals surface area contributed by atoms with Crippen LogP contribution in [0.25, 0.3) is 5.76 Å². The van der Waals surface area contributed by atoms with Gasteiger partial charge in [-0.25, -0.2) is 4.39 Å². The molecule has 32 heavy (non-hydrogen) atoms. The monoisotopic (exact) mass is 432 g/mol. The number of halogens is 1. The Morgan fingerprint density at radius 2 is 1.91 bits per heavy atom. The molecule has 6 nitrogen and oxygen atoms in total. The van der Waals surface area contributed by atoms with Gasteiger partial charge < -0.3 is 14.7 Å². The van der Waals surface area contributed by atoms with Crippen LogP contribution in [0.15, 0.2) is 78.6 Å². The van der Waals surface area contributed by atoms with Crippen LogP contribution < -0.4 is 4.74 Å². The van der Waals surface area contributed by atoms with Gasteiger partial charge in [0.05, 0.1) is 18.7 Å². The van der Waals surface area contributed by atoms with Crippen LogP contribution in [-0.2, 0) is 16.0 Å². The van der Waals surface area contributed by atoms with Crippen LogP contribution >= 0.6 is 0 Å². The molecule has 1 aromatic heterocycles. The van der Waals surface area contributed by atoms with E-state index in [1.54, 1.807) is 60.9 Å². The van der Waals surface area contributed by atoms with Crippen molar-refractivity contribution in [1.82, 2.24) is 9.88 Å². The lowest BCUT2D eigenvalue weighted by molar-refractivity contribution is -0.139. The molecule has 1 aliphatic heterocycles. The van der Waals surface area contributed by atoms with Crippen LogP contribution in [0.5, 0.6) is 5.75 Å². The molecule has 1 aliphatic rings. The zero-order valence-corrected chi connectivity index (χ0v) is 17.4. The van der Waals surface area contributed by atoms with Crippen LogP contribution in [0.1, 0.15) is 22.7 Å². The molecule has 1 atom stereocenters. The van der Waals surface area contributed by atoms with Crippen molar-refractivity contribution >= 4 is 17.4 Å². The number of carbonyl (C=O) groups is 2. The van der Waals surface area contributed by atoms with Crippen molar-refractivity contribution in [2.24, 2.45) is 0 Å². The fraction of sp³-hybridized carbons (Fsp3) is 0.160. The van der Waals surface area contributed by atoms with Gasteiger partial charge in [0.2, 0.25) is 0 Å². The van der Waals surface area contributed by atoms with Crippen molar-refractivity contribution in [3.05, 3.63) is 101 Å². The number of pyridine rings is 1. The highest BCUT2D eigenvalue weighted by molar-refractivity contribution is 6.46. The molecule has 2 aromatic carbocycles. The van der Waals surface area contributed by atoms with E-state index in [0.717, 1.165) is 5.56 Å².